The van der Waals surface area contributed by atoms with Crippen LogP contribution >= 0.6 is 0 Å². The van der Waals surface area contributed by atoms with E-state index >= 15 is 0 Å². The molecule has 0 amide bonds. The predicted molar refractivity (Wildman–Crippen MR) is 65.9 cm³/mol. The van der Waals surface area contributed by atoms with Crippen molar-refractivity contribution in [2.75, 3.05) is 13.1 Å². The van der Waals surface area contributed by atoms with Crippen molar-refractivity contribution in [3.8, 4) is 5.97 Å². The Balaban J connectivity index is 1.78. The van der Waals surface area contributed by atoms with Crippen molar-refractivity contribution >= 4 is 12.7 Å². The van der Waals surface area contributed by atoms with E-state index in [9.17, 15) is 4.79 Å². The van der Waals surface area contributed by atoms with E-state index in [1.165, 1.54) is 0 Å². The van der Waals surface area contributed by atoms with Gasteiger partial charge in [-0.1, -0.05) is 12.6 Å². The lowest BCUT2D eigenvalue weighted by Gasteiger charge is -2.38. The molecule has 2 aliphatic rings. The molecule has 2 heterocycles. The van der Waals surface area contributed by atoms with Gasteiger partial charge in [0.1, 0.15) is 0 Å². The number of rotatable bonds is 2. The van der Waals surface area contributed by atoms with Gasteiger partial charge in [0.05, 0.1) is 5.92 Å². The lowest BCUT2D eigenvalue weighted by molar-refractivity contribution is -0.143. The highest BCUT2D eigenvalue weighted by Crippen LogP contribution is 2.27. The lowest BCUT2D eigenvalue weighted by Crippen LogP contribution is -2.44. The van der Waals surface area contributed by atoms with E-state index in [-0.39, 0.29) is 12.6 Å². The standard InChI is InChI=1S/C12H19BN2O2/c14-9-13-5-1-11(2-6-13)15-7-3-10(4-8-15)12(16)17/h10-11H,1-8H2,(H,16,17). The number of carbonyl (C=O) groups is 1. The zero-order valence-corrected chi connectivity index (χ0v) is 10.1. The summed E-state index contributed by atoms with van der Waals surface area (Å²) < 4.78 is 0. The Hall–Kier alpha value is -1.02. The molecular formula is C12H19BN2O2. The van der Waals surface area contributed by atoms with E-state index in [0.29, 0.717) is 6.04 Å². The van der Waals surface area contributed by atoms with Gasteiger partial charge in [0.25, 0.3) is 6.71 Å². The fraction of sp³-hybridized carbons (Fsp3) is 0.833. The van der Waals surface area contributed by atoms with Crippen molar-refractivity contribution in [1.82, 2.24) is 4.90 Å². The third-order valence-electron chi connectivity index (χ3n) is 4.27. The van der Waals surface area contributed by atoms with Crippen molar-refractivity contribution in [3.05, 3.63) is 0 Å². The molecule has 1 N–H and O–H groups in total. The van der Waals surface area contributed by atoms with Crippen LogP contribution in [0.1, 0.15) is 25.7 Å². The Kier molecular flexibility index (Phi) is 4.06. The number of aliphatic carboxylic acids is 1. The van der Waals surface area contributed by atoms with E-state index < -0.39 is 5.97 Å². The minimum absolute atomic E-state index is 0.137. The number of likely N-dealkylation sites (tertiary alicyclic amines) is 1. The first-order valence-corrected chi connectivity index (χ1v) is 6.57. The van der Waals surface area contributed by atoms with Crippen molar-refractivity contribution < 1.29 is 9.90 Å². The summed E-state index contributed by atoms with van der Waals surface area (Å²) in [7, 11) is 0. The molecule has 92 valence electrons. The normalized spacial score (nSPS) is 24.5. The minimum atomic E-state index is -0.641. The number of hydrogen-bond acceptors (Lipinski definition) is 3. The number of nitriles is 1. The maximum Gasteiger partial charge on any atom is 0.306 e. The summed E-state index contributed by atoms with van der Waals surface area (Å²) in [6.45, 7) is 2.08. The number of nitrogens with zero attached hydrogens (tertiary/aromatic N) is 2. The monoisotopic (exact) mass is 234 g/mol. The van der Waals surface area contributed by atoms with Gasteiger partial charge in [-0.05, 0) is 38.8 Å². The van der Waals surface area contributed by atoms with Crippen LogP contribution in [0.5, 0.6) is 0 Å². The zero-order valence-electron chi connectivity index (χ0n) is 10.1. The lowest BCUT2D eigenvalue weighted by atomic mass is 9.42. The topological polar surface area (TPSA) is 64.3 Å². The highest BCUT2D eigenvalue weighted by atomic mass is 16.4. The molecule has 2 aliphatic heterocycles. The average Bonchev–Trinajstić information content (AvgIpc) is 2.39. The van der Waals surface area contributed by atoms with Crippen molar-refractivity contribution in [1.29, 1.82) is 5.26 Å². The first kappa shape index (κ1) is 12.4. The van der Waals surface area contributed by atoms with Gasteiger partial charge in [0.15, 0.2) is 0 Å². The van der Waals surface area contributed by atoms with Crippen LogP contribution in [0.4, 0.5) is 0 Å². The summed E-state index contributed by atoms with van der Waals surface area (Å²) >= 11 is 0. The van der Waals surface area contributed by atoms with Gasteiger partial charge in [-0.2, -0.15) is 0 Å². The van der Waals surface area contributed by atoms with E-state index in [1.807, 2.05) is 0 Å². The van der Waals surface area contributed by atoms with Gasteiger partial charge in [0, 0.05) is 12.0 Å². The maximum absolute atomic E-state index is 10.9. The van der Waals surface area contributed by atoms with Crippen molar-refractivity contribution in [3.63, 3.8) is 0 Å². The molecule has 0 saturated carbocycles. The highest BCUT2D eigenvalue weighted by Gasteiger charge is 2.31. The largest absolute Gasteiger partial charge is 0.481 e. The predicted octanol–water partition coefficient (Wildman–Crippen LogP) is 1.50. The Morgan fingerprint density at radius 3 is 2.29 bits per heavy atom. The third-order valence-corrected chi connectivity index (χ3v) is 4.27. The first-order valence-electron chi connectivity index (χ1n) is 6.57. The summed E-state index contributed by atoms with van der Waals surface area (Å²) in [6, 6.07) is 0.592. The van der Waals surface area contributed by atoms with Crippen LogP contribution in [-0.2, 0) is 4.79 Å². The van der Waals surface area contributed by atoms with Gasteiger partial charge in [-0.25, -0.2) is 5.26 Å². The molecule has 2 fully saturated rings. The summed E-state index contributed by atoms with van der Waals surface area (Å²) in [5, 5.41) is 17.8. The second kappa shape index (κ2) is 5.55. The maximum atomic E-state index is 10.9. The van der Waals surface area contributed by atoms with Crippen molar-refractivity contribution in [2.24, 2.45) is 5.92 Å². The molecule has 4 nitrogen and oxygen atoms in total. The van der Waals surface area contributed by atoms with Crippen LogP contribution in [0.2, 0.25) is 12.6 Å². The molecule has 2 saturated heterocycles. The average molecular weight is 234 g/mol. The summed E-state index contributed by atoms with van der Waals surface area (Å²) in [5.41, 5.74) is 0. The second-order valence-electron chi connectivity index (χ2n) is 5.28. The van der Waals surface area contributed by atoms with Crippen LogP contribution in [0.3, 0.4) is 0 Å². The summed E-state index contributed by atoms with van der Waals surface area (Å²) in [5.74, 6) is 1.57. The highest BCUT2D eigenvalue weighted by molar-refractivity contribution is 6.67. The number of piperidine rings is 1. The molecule has 2 rings (SSSR count). The van der Waals surface area contributed by atoms with Gasteiger partial charge in [-0.15, -0.1) is 0 Å². The molecule has 0 radical (unpaired) electrons. The van der Waals surface area contributed by atoms with Gasteiger partial charge in [0.2, 0.25) is 0 Å². The van der Waals surface area contributed by atoms with Crippen LogP contribution in [-0.4, -0.2) is 41.8 Å². The Morgan fingerprint density at radius 1 is 1.24 bits per heavy atom. The molecule has 0 aromatic carbocycles. The summed E-state index contributed by atoms with van der Waals surface area (Å²) in [6.07, 6.45) is 5.81. The Labute approximate surface area is 103 Å². The first-order chi connectivity index (χ1) is 8.20. The summed E-state index contributed by atoms with van der Waals surface area (Å²) in [4.78, 5) is 13.3. The Morgan fingerprint density at radius 2 is 1.82 bits per heavy atom. The van der Waals surface area contributed by atoms with Crippen LogP contribution in [0.25, 0.3) is 0 Å². The molecule has 5 heteroatoms. The molecule has 17 heavy (non-hydrogen) atoms. The van der Waals surface area contributed by atoms with E-state index in [2.05, 4.69) is 10.9 Å². The van der Waals surface area contributed by atoms with Crippen LogP contribution in [0.15, 0.2) is 0 Å². The fourth-order valence-corrected chi connectivity index (χ4v) is 3.08. The van der Waals surface area contributed by atoms with Crippen LogP contribution in [0, 0.1) is 17.1 Å². The molecule has 0 aliphatic carbocycles. The number of carboxylic acid groups (broad SMARTS) is 1. The molecule has 0 atom stereocenters. The molecule has 0 aromatic heterocycles. The number of carboxylic acids is 1. The molecule has 0 spiro atoms. The smallest absolute Gasteiger partial charge is 0.306 e. The van der Waals surface area contributed by atoms with Gasteiger partial charge in [-0.3, -0.25) is 4.79 Å². The van der Waals surface area contributed by atoms with Crippen molar-refractivity contribution in [2.45, 2.75) is 44.4 Å². The molecule has 0 aromatic rings. The SMILES string of the molecule is N#CB1CCC(N2CCC(C(=O)O)CC2)CC1. The van der Waals surface area contributed by atoms with E-state index in [1.54, 1.807) is 0 Å². The molecule has 0 unspecified atom stereocenters. The van der Waals surface area contributed by atoms with E-state index in [4.69, 9.17) is 10.4 Å². The second-order valence-corrected chi connectivity index (χ2v) is 5.28. The number of hydrogen-bond donors (Lipinski definition) is 1. The van der Waals surface area contributed by atoms with Crippen LogP contribution < -0.4 is 0 Å². The zero-order chi connectivity index (χ0) is 12.3. The van der Waals surface area contributed by atoms with E-state index in [0.717, 1.165) is 51.4 Å². The van der Waals surface area contributed by atoms with Gasteiger partial charge >= 0.3 is 5.97 Å². The van der Waals surface area contributed by atoms with Gasteiger partial charge < -0.3 is 10.0 Å². The quantitative estimate of drug-likeness (QED) is 0.735. The molecular weight excluding hydrogens is 215 g/mol. The fourth-order valence-electron chi connectivity index (χ4n) is 3.08. The third kappa shape index (κ3) is 3.01. The Bertz CT molecular complexity index is 313. The molecule has 0 bridgehead atoms. The minimum Gasteiger partial charge on any atom is -0.481 e.